The van der Waals surface area contributed by atoms with Gasteiger partial charge in [-0.1, -0.05) is 95.8 Å². The standard InChI is InChI=1S/C24H40N2O2/c1-3-5-6-7-8-9-10-11-12-13-14-18-21-23(24(27)28-4-2)26-25-22-19-16-15-17-20-22/h15-17,19-20,25H,3-14,18,21H2,1-2H3/b26-23-. The molecule has 0 unspecified atom stereocenters. The fraction of sp³-hybridized carbons (Fsp3) is 0.667. The summed E-state index contributed by atoms with van der Waals surface area (Å²) in [5.74, 6) is -0.311. The third kappa shape index (κ3) is 12.5. The van der Waals surface area contributed by atoms with Gasteiger partial charge in [-0.3, -0.25) is 5.43 Å². The molecule has 4 heteroatoms. The van der Waals surface area contributed by atoms with E-state index in [1.807, 2.05) is 37.3 Å². The van der Waals surface area contributed by atoms with Gasteiger partial charge in [-0.05, 0) is 31.9 Å². The summed E-state index contributed by atoms with van der Waals surface area (Å²) < 4.78 is 5.14. The van der Waals surface area contributed by atoms with E-state index in [1.165, 1.54) is 64.2 Å². The molecule has 158 valence electrons. The Bertz CT molecular complexity index is 529. The number of ether oxygens (including phenoxy) is 1. The summed E-state index contributed by atoms with van der Waals surface area (Å²) in [4.78, 5) is 12.1. The Hall–Kier alpha value is -1.84. The van der Waals surface area contributed by atoms with Crippen LogP contribution in [0.1, 0.15) is 97.3 Å². The van der Waals surface area contributed by atoms with E-state index in [9.17, 15) is 4.79 Å². The number of para-hydroxylation sites is 1. The van der Waals surface area contributed by atoms with E-state index in [-0.39, 0.29) is 5.97 Å². The van der Waals surface area contributed by atoms with Gasteiger partial charge in [0.2, 0.25) is 0 Å². The lowest BCUT2D eigenvalue weighted by Crippen LogP contribution is -2.19. The first-order valence-corrected chi connectivity index (χ1v) is 11.3. The summed E-state index contributed by atoms with van der Waals surface area (Å²) >= 11 is 0. The molecule has 0 aliphatic carbocycles. The number of hydrogen-bond acceptors (Lipinski definition) is 4. The zero-order valence-corrected chi connectivity index (χ0v) is 18.0. The Morgan fingerprint density at radius 2 is 1.36 bits per heavy atom. The lowest BCUT2D eigenvalue weighted by molar-refractivity contribution is -0.135. The number of nitrogens with one attached hydrogen (secondary N) is 1. The molecule has 1 aromatic rings. The Morgan fingerprint density at radius 1 is 0.821 bits per heavy atom. The van der Waals surface area contributed by atoms with Gasteiger partial charge in [0.1, 0.15) is 5.71 Å². The Labute approximate surface area is 172 Å². The second-order valence-electron chi connectivity index (χ2n) is 7.40. The van der Waals surface area contributed by atoms with Crippen LogP contribution in [0.2, 0.25) is 0 Å². The molecule has 0 amide bonds. The van der Waals surface area contributed by atoms with E-state index in [0.717, 1.165) is 18.5 Å². The number of nitrogens with zero attached hydrogens (tertiary/aromatic N) is 1. The monoisotopic (exact) mass is 388 g/mol. The van der Waals surface area contributed by atoms with E-state index in [2.05, 4.69) is 17.5 Å². The quantitative estimate of drug-likeness (QED) is 0.134. The number of hydrogen-bond donors (Lipinski definition) is 1. The minimum atomic E-state index is -0.311. The molecule has 0 saturated carbocycles. The van der Waals surface area contributed by atoms with Crippen LogP contribution in [0.3, 0.4) is 0 Å². The van der Waals surface area contributed by atoms with Crippen LogP contribution in [0, 0.1) is 0 Å². The third-order valence-electron chi connectivity index (χ3n) is 4.87. The lowest BCUT2D eigenvalue weighted by atomic mass is 10.0. The zero-order valence-electron chi connectivity index (χ0n) is 18.0. The molecule has 0 aromatic heterocycles. The number of rotatable bonds is 17. The van der Waals surface area contributed by atoms with Gasteiger partial charge in [-0.2, -0.15) is 5.10 Å². The van der Waals surface area contributed by atoms with Gasteiger partial charge in [0.05, 0.1) is 12.3 Å². The molecule has 1 N–H and O–H groups in total. The normalized spacial score (nSPS) is 11.4. The Balaban J connectivity index is 2.16. The summed E-state index contributed by atoms with van der Waals surface area (Å²) in [6.07, 6.45) is 16.3. The molecule has 1 aromatic carbocycles. The molecule has 28 heavy (non-hydrogen) atoms. The number of benzene rings is 1. The molecule has 0 bridgehead atoms. The van der Waals surface area contributed by atoms with E-state index < -0.39 is 0 Å². The Kier molecular flexibility index (Phi) is 14.9. The number of esters is 1. The first kappa shape index (κ1) is 24.2. The van der Waals surface area contributed by atoms with E-state index >= 15 is 0 Å². The fourth-order valence-electron chi connectivity index (χ4n) is 3.20. The van der Waals surface area contributed by atoms with E-state index in [4.69, 9.17) is 4.74 Å². The highest BCUT2D eigenvalue weighted by Gasteiger charge is 2.12. The fourth-order valence-corrected chi connectivity index (χ4v) is 3.20. The van der Waals surface area contributed by atoms with Crippen molar-refractivity contribution in [1.29, 1.82) is 0 Å². The maximum Gasteiger partial charge on any atom is 0.354 e. The summed E-state index contributed by atoms with van der Waals surface area (Å²) in [6.45, 7) is 4.47. The highest BCUT2D eigenvalue weighted by Crippen LogP contribution is 2.13. The molecule has 0 fully saturated rings. The van der Waals surface area contributed by atoms with Gasteiger partial charge >= 0.3 is 5.97 Å². The van der Waals surface area contributed by atoms with Crippen LogP contribution in [0.15, 0.2) is 35.4 Å². The molecule has 0 radical (unpaired) electrons. The van der Waals surface area contributed by atoms with Crippen LogP contribution in [0.5, 0.6) is 0 Å². The van der Waals surface area contributed by atoms with Gasteiger partial charge < -0.3 is 4.74 Å². The zero-order chi connectivity index (χ0) is 20.3. The van der Waals surface area contributed by atoms with Gasteiger partial charge in [0.25, 0.3) is 0 Å². The molecule has 0 heterocycles. The van der Waals surface area contributed by atoms with E-state index in [1.54, 1.807) is 0 Å². The lowest BCUT2D eigenvalue weighted by Gasteiger charge is -2.07. The van der Waals surface area contributed by atoms with Gasteiger partial charge in [0, 0.05) is 0 Å². The van der Waals surface area contributed by atoms with Crippen molar-refractivity contribution in [3.63, 3.8) is 0 Å². The van der Waals surface area contributed by atoms with Crippen LogP contribution in [0.25, 0.3) is 0 Å². The van der Waals surface area contributed by atoms with Crippen molar-refractivity contribution in [2.24, 2.45) is 5.10 Å². The number of carbonyl (C=O) groups is 1. The number of unbranched alkanes of at least 4 members (excludes halogenated alkanes) is 11. The third-order valence-corrected chi connectivity index (χ3v) is 4.87. The van der Waals surface area contributed by atoms with Crippen molar-refractivity contribution in [1.82, 2.24) is 0 Å². The number of carbonyl (C=O) groups excluding carboxylic acids is 1. The molecule has 0 atom stereocenters. The molecular weight excluding hydrogens is 348 g/mol. The predicted octanol–water partition coefficient (Wildman–Crippen LogP) is 7.11. The maximum absolute atomic E-state index is 12.1. The maximum atomic E-state index is 12.1. The second kappa shape index (κ2) is 17.3. The van der Waals surface area contributed by atoms with Crippen molar-refractivity contribution in [2.75, 3.05) is 12.0 Å². The van der Waals surface area contributed by atoms with Gasteiger partial charge in [0.15, 0.2) is 0 Å². The summed E-state index contributed by atoms with van der Waals surface area (Å²) in [6, 6.07) is 9.68. The molecule has 1 rings (SSSR count). The van der Waals surface area contributed by atoms with Crippen LogP contribution in [-0.4, -0.2) is 18.3 Å². The van der Waals surface area contributed by atoms with Crippen molar-refractivity contribution in [3.8, 4) is 0 Å². The molecule has 0 saturated heterocycles. The van der Waals surface area contributed by atoms with Gasteiger partial charge in [-0.15, -0.1) is 0 Å². The van der Waals surface area contributed by atoms with Crippen molar-refractivity contribution in [3.05, 3.63) is 30.3 Å². The first-order chi connectivity index (χ1) is 13.8. The van der Waals surface area contributed by atoms with Crippen LogP contribution in [0.4, 0.5) is 5.69 Å². The van der Waals surface area contributed by atoms with Crippen LogP contribution in [-0.2, 0) is 9.53 Å². The predicted molar refractivity (Wildman–Crippen MR) is 120 cm³/mol. The smallest absolute Gasteiger partial charge is 0.354 e. The minimum Gasteiger partial charge on any atom is -0.461 e. The van der Waals surface area contributed by atoms with Crippen molar-refractivity contribution in [2.45, 2.75) is 97.3 Å². The van der Waals surface area contributed by atoms with Crippen LogP contribution >= 0.6 is 0 Å². The summed E-state index contributed by atoms with van der Waals surface area (Å²) in [5.41, 5.74) is 4.32. The highest BCUT2D eigenvalue weighted by molar-refractivity contribution is 6.36. The first-order valence-electron chi connectivity index (χ1n) is 11.3. The minimum absolute atomic E-state index is 0.311. The average molecular weight is 389 g/mol. The molecule has 0 aliphatic rings. The van der Waals surface area contributed by atoms with Crippen molar-refractivity contribution >= 4 is 17.4 Å². The molecular formula is C24H40N2O2. The Morgan fingerprint density at radius 3 is 1.89 bits per heavy atom. The molecule has 4 nitrogen and oxygen atoms in total. The SMILES string of the molecule is CCCCCCCCCCCCCC/C(=N/Nc1ccccc1)C(=O)OCC. The topological polar surface area (TPSA) is 50.7 Å². The van der Waals surface area contributed by atoms with E-state index in [0.29, 0.717) is 18.7 Å². The summed E-state index contributed by atoms with van der Waals surface area (Å²) in [7, 11) is 0. The molecule has 0 spiro atoms. The second-order valence-corrected chi connectivity index (χ2v) is 7.40. The number of hydrazone groups is 1. The van der Waals surface area contributed by atoms with Gasteiger partial charge in [-0.25, -0.2) is 4.79 Å². The summed E-state index contributed by atoms with van der Waals surface area (Å²) in [5, 5.41) is 4.29. The van der Waals surface area contributed by atoms with Crippen LogP contribution < -0.4 is 5.43 Å². The average Bonchev–Trinajstić information content (AvgIpc) is 2.72. The highest BCUT2D eigenvalue weighted by atomic mass is 16.5. The number of anilines is 1. The van der Waals surface area contributed by atoms with Crippen molar-refractivity contribution < 1.29 is 9.53 Å². The largest absolute Gasteiger partial charge is 0.461 e. The molecule has 0 aliphatic heterocycles.